The molecular weight excluding hydrogens is 270 g/mol. The van der Waals surface area contributed by atoms with Crippen molar-refractivity contribution in [3.63, 3.8) is 0 Å². The van der Waals surface area contributed by atoms with Gasteiger partial charge < -0.3 is 4.90 Å². The Morgan fingerprint density at radius 3 is 2.60 bits per heavy atom. The van der Waals surface area contributed by atoms with Crippen LogP contribution in [0, 0.1) is 6.92 Å². The highest BCUT2D eigenvalue weighted by atomic mass is 32.2. The molecule has 0 saturated carbocycles. The Bertz CT molecular complexity index is 590. The van der Waals surface area contributed by atoms with Crippen LogP contribution in [0.2, 0.25) is 0 Å². The van der Waals surface area contributed by atoms with Gasteiger partial charge in [-0.15, -0.1) is 0 Å². The molecule has 1 amide bonds. The molecule has 0 N–H and O–H groups in total. The molecule has 0 aliphatic rings. The number of amides is 1. The van der Waals surface area contributed by atoms with Crippen molar-refractivity contribution >= 4 is 17.8 Å². The Hall–Kier alpha value is -1.75. The lowest BCUT2D eigenvalue weighted by atomic mass is 10.2. The molecule has 5 heteroatoms. The molecule has 1 aromatic carbocycles. The van der Waals surface area contributed by atoms with Crippen LogP contribution in [-0.2, 0) is 0 Å². The van der Waals surface area contributed by atoms with Gasteiger partial charge in [-0.1, -0.05) is 30.0 Å². The van der Waals surface area contributed by atoms with Crippen LogP contribution in [0.3, 0.4) is 0 Å². The lowest BCUT2D eigenvalue weighted by Gasteiger charge is -2.17. The lowest BCUT2D eigenvalue weighted by molar-refractivity contribution is 0.201. The van der Waals surface area contributed by atoms with E-state index in [4.69, 9.17) is 0 Å². The van der Waals surface area contributed by atoms with Crippen LogP contribution in [0.1, 0.15) is 19.4 Å². The highest BCUT2D eigenvalue weighted by molar-refractivity contribution is 7.99. The van der Waals surface area contributed by atoms with Crippen LogP contribution in [0.5, 0.6) is 0 Å². The predicted molar refractivity (Wildman–Crippen MR) is 81.2 cm³/mol. The summed E-state index contributed by atoms with van der Waals surface area (Å²) < 4.78 is 1.41. The molecule has 1 heterocycles. The van der Waals surface area contributed by atoms with Crippen LogP contribution in [-0.4, -0.2) is 33.8 Å². The molecule has 0 unspecified atom stereocenters. The summed E-state index contributed by atoms with van der Waals surface area (Å²) in [5.41, 5.74) is 1.21. The predicted octanol–water partition coefficient (Wildman–Crippen LogP) is 3.65. The highest BCUT2D eigenvalue weighted by Crippen LogP contribution is 2.28. The van der Waals surface area contributed by atoms with Gasteiger partial charge in [0.25, 0.3) is 0 Å². The van der Waals surface area contributed by atoms with Crippen molar-refractivity contribution < 1.29 is 4.79 Å². The fraction of sp³-hybridized carbons (Fsp3) is 0.333. The van der Waals surface area contributed by atoms with E-state index in [9.17, 15) is 4.79 Å². The van der Waals surface area contributed by atoms with Crippen molar-refractivity contribution in [3.8, 4) is 0 Å². The van der Waals surface area contributed by atoms with E-state index in [0.717, 1.165) is 9.92 Å². The summed E-state index contributed by atoms with van der Waals surface area (Å²) in [4.78, 5) is 15.1. The molecule has 0 aliphatic carbocycles. The van der Waals surface area contributed by atoms with E-state index < -0.39 is 0 Å². The van der Waals surface area contributed by atoms with Gasteiger partial charge in [0.05, 0.1) is 0 Å². The number of hydrogen-bond donors (Lipinski definition) is 0. The topological polar surface area (TPSA) is 38.1 Å². The van der Waals surface area contributed by atoms with Crippen molar-refractivity contribution in [3.05, 3.63) is 42.1 Å². The number of hydrogen-bond acceptors (Lipinski definition) is 3. The Balaban J connectivity index is 2.13. The second-order valence-electron chi connectivity index (χ2n) is 4.42. The molecule has 0 aliphatic heterocycles. The second kappa shape index (κ2) is 6.61. The molecule has 106 valence electrons. The van der Waals surface area contributed by atoms with E-state index in [2.05, 4.69) is 24.2 Å². The quantitative estimate of drug-likeness (QED) is 0.862. The molecule has 0 radical (unpaired) electrons. The second-order valence-corrected chi connectivity index (χ2v) is 5.48. The van der Waals surface area contributed by atoms with Gasteiger partial charge in [-0.2, -0.15) is 9.78 Å². The largest absolute Gasteiger partial charge is 0.344 e. The van der Waals surface area contributed by atoms with Gasteiger partial charge in [0.1, 0.15) is 5.03 Å². The average molecular weight is 289 g/mol. The molecule has 2 aromatic rings. The fourth-order valence-corrected chi connectivity index (χ4v) is 2.75. The molecule has 0 saturated heterocycles. The molecule has 0 fully saturated rings. The molecule has 0 spiro atoms. The molecular formula is C15H19N3OS. The normalized spacial score (nSPS) is 10.6. The summed E-state index contributed by atoms with van der Waals surface area (Å²) in [6, 6.07) is 9.95. The number of aryl methyl sites for hydroxylation is 1. The smallest absolute Gasteiger partial charge is 0.323 e. The maximum absolute atomic E-state index is 12.2. The van der Waals surface area contributed by atoms with Crippen LogP contribution in [0.15, 0.2) is 46.5 Å². The Labute approximate surface area is 123 Å². The number of aromatic nitrogens is 2. The first-order valence-electron chi connectivity index (χ1n) is 6.74. The summed E-state index contributed by atoms with van der Waals surface area (Å²) in [6.45, 7) is 7.38. The molecule has 0 bridgehead atoms. The molecule has 1 aromatic heterocycles. The summed E-state index contributed by atoms with van der Waals surface area (Å²) in [5, 5.41) is 5.18. The number of carbonyl (C=O) groups excluding carboxylic acids is 1. The minimum atomic E-state index is -0.0772. The van der Waals surface area contributed by atoms with Crippen molar-refractivity contribution in [2.24, 2.45) is 0 Å². The summed E-state index contributed by atoms with van der Waals surface area (Å²) in [6.07, 6.45) is 1.72. The first-order chi connectivity index (χ1) is 9.65. The van der Waals surface area contributed by atoms with E-state index in [-0.39, 0.29) is 6.03 Å². The Kier molecular flexibility index (Phi) is 4.84. The minimum Gasteiger partial charge on any atom is -0.323 e. The van der Waals surface area contributed by atoms with E-state index in [1.807, 2.05) is 32.0 Å². The Morgan fingerprint density at radius 2 is 1.95 bits per heavy atom. The van der Waals surface area contributed by atoms with E-state index in [1.54, 1.807) is 22.9 Å². The standard InChI is InChI=1S/C15H19N3OS/c1-4-17(5-2)15(19)18-11-10-14(16-18)20-13-9-7-6-8-12(13)3/h6-11H,4-5H2,1-3H3. The molecule has 20 heavy (non-hydrogen) atoms. The summed E-state index contributed by atoms with van der Waals surface area (Å²) >= 11 is 1.58. The van der Waals surface area contributed by atoms with Gasteiger partial charge in [-0.3, -0.25) is 0 Å². The van der Waals surface area contributed by atoms with E-state index >= 15 is 0 Å². The van der Waals surface area contributed by atoms with E-state index in [0.29, 0.717) is 13.1 Å². The minimum absolute atomic E-state index is 0.0772. The molecule has 0 atom stereocenters. The van der Waals surface area contributed by atoms with Gasteiger partial charge in [0, 0.05) is 24.2 Å². The van der Waals surface area contributed by atoms with Gasteiger partial charge in [-0.25, -0.2) is 4.79 Å². The highest BCUT2D eigenvalue weighted by Gasteiger charge is 2.13. The third-order valence-corrected chi connectivity index (χ3v) is 4.21. The first kappa shape index (κ1) is 14.7. The van der Waals surface area contributed by atoms with Crippen LogP contribution >= 0.6 is 11.8 Å². The SMILES string of the molecule is CCN(CC)C(=O)n1ccc(Sc2ccccc2C)n1. The monoisotopic (exact) mass is 289 g/mol. The van der Waals surface area contributed by atoms with Crippen molar-refractivity contribution in [2.45, 2.75) is 30.7 Å². The van der Waals surface area contributed by atoms with Crippen molar-refractivity contribution in [2.75, 3.05) is 13.1 Å². The average Bonchev–Trinajstić information content (AvgIpc) is 2.91. The first-order valence-corrected chi connectivity index (χ1v) is 7.55. The fourth-order valence-electron chi connectivity index (χ4n) is 1.89. The zero-order valence-corrected chi connectivity index (χ0v) is 12.9. The van der Waals surface area contributed by atoms with Crippen molar-refractivity contribution in [1.82, 2.24) is 14.7 Å². The maximum atomic E-state index is 12.2. The summed E-state index contributed by atoms with van der Waals surface area (Å²) in [7, 11) is 0. The zero-order valence-electron chi connectivity index (χ0n) is 12.0. The van der Waals surface area contributed by atoms with Gasteiger partial charge in [0.15, 0.2) is 0 Å². The van der Waals surface area contributed by atoms with Gasteiger partial charge >= 0.3 is 6.03 Å². The van der Waals surface area contributed by atoms with Crippen molar-refractivity contribution in [1.29, 1.82) is 0 Å². The Morgan fingerprint density at radius 1 is 1.25 bits per heavy atom. The number of nitrogens with zero attached hydrogens (tertiary/aromatic N) is 3. The number of benzene rings is 1. The molecule has 2 rings (SSSR count). The third kappa shape index (κ3) is 3.22. The lowest BCUT2D eigenvalue weighted by Crippen LogP contribution is -2.34. The van der Waals surface area contributed by atoms with Crippen LogP contribution in [0.4, 0.5) is 4.79 Å². The van der Waals surface area contributed by atoms with E-state index in [1.165, 1.54) is 10.2 Å². The van der Waals surface area contributed by atoms with Crippen LogP contribution in [0.25, 0.3) is 0 Å². The third-order valence-electron chi connectivity index (χ3n) is 3.10. The van der Waals surface area contributed by atoms with Crippen LogP contribution < -0.4 is 0 Å². The van der Waals surface area contributed by atoms with Gasteiger partial charge in [-0.05, 0) is 38.5 Å². The number of rotatable bonds is 4. The zero-order chi connectivity index (χ0) is 14.5. The summed E-state index contributed by atoms with van der Waals surface area (Å²) in [5.74, 6) is 0. The maximum Gasteiger partial charge on any atom is 0.344 e. The molecule has 4 nitrogen and oxygen atoms in total. The number of carbonyl (C=O) groups is 1. The van der Waals surface area contributed by atoms with Gasteiger partial charge in [0.2, 0.25) is 0 Å².